The maximum absolute atomic E-state index is 12.6. The van der Waals surface area contributed by atoms with Crippen LogP contribution in [0.5, 0.6) is 5.88 Å². The quantitative estimate of drug-likeness (QED) is 0.378. The lowest BCUT2D eigenvalue weighted by molar-refractivity contribution is 0.102. The van der Waals surface area contributed by atoms with E-state index in [1.807, 2.05) is 18.2 Å². The number of nitrogens with one attached hydrogen (secondary N) is 1. The summed E-state index contributed by atoms with van der Waals surface area (Å²) in [5, 5.41) is 4.02. The molecule has 1 heterocycles. The van der Waals surface area contributed by atoms with E-state index >= 15 is 0 Å². The van der Waals surface area contributed by atoms with E-state index in [2.05, 4.69) is 15.3 Å². The standard InChI is InChI=1S/C22H14Cl3N3O2/c1-30-22-20(25)27-18-9-7-15(11-19(18)28-22)26-21(29)13-4-2-12(3-5-13)14-6-8-16(23)17(24)10-14/h2-11H,1H3,(H,26,29). The third-order valence-electron chi connectivity index (χ3n) is 4.44. The van der Waals surface area contributed by atoms with E-state index in [9.17, 15) is 4.79 Å². The van der Waals surface area contributed by atoms with Gasteiger partial charge in [-0.2, -0.15) is 0 Å². The first-order chi connectivity index (χ1) is 14.4. The Bertz CT molecular complexity index is 1260. The van der Waals surface area contributed by atoms with E-state index in [1.54, 1.807) is 42.5 Å². The largest absolute Gasteiger partial charge is 0.479 e. The van der Waals surface area contributed by atoms with Crippen LogP contribution < -0.4 is 10.1 Å². The highest BCUT2D eigenvalue weighted by atomic mass is 35.5. The van der Waals surface area contributed by atoms with Crippen molar-refractivity contribution < 1.29 is 9.53 Å². The number of aromatic nitrogens is 2. The number of benzene rings is 3. The third-order valence-corrected chi connectivity index (χ3v) is 5.43. The Morgan fingerprint density at radius 1 is 0.833 bits per heavy atom. The number of anilines is 1. The van der Waals surface area contributed by atoms with Crippen molar-refractivity contribution in [2.24, 2.45) is 0 Å². The zero-order valence-electron chi connectivity index (χ0n) is 15.6. The Morgan fingerprint density at radius 3 is 2.27 bits per heavy atom. The summed E-state index contributed by atoms with van der Waals surface area (Å²) in [6.45, 7) is 0. The molecule has 1 aromatic heterocycles. The van der Waals surface area contributed by atoms with E-state index < -0.39 is 0 Å². The SMILES string of the molecule is COc1nc2cc(NC(=O)c3ccc(-c4ccc(Cl)c(Cl)c4)cc3)ccc2nc1Cl. The topological polar surface area (TPSA) is 64.1 Å². The summed E-state index contributed by atoms with van der Waals surface area (Å²) in [5.41, 5.74) is 4.10. The van der Waals surface area contributed by atoms with Crippen LogP contribution in [0.2, 0.25) is 15.2 Å². The van der Waals surface area contributed by atoms with Gasteiger partial charge < -0.3 is 10.1 Å². The Morgan fingerprint density at radius 2 is 1.57 bits per heavy atom. The molecule has 0 spiro atoms. The molecule has 0 fully saturated rings. The highest BCUT2D eigenvalue weighted by molar-refractivity contribution is 6.42. The van der Waals surface area contributed by atoms with Crippen molar-refractivity contribution in [2.75, 3.05) is 12.4 Å². The molecule has 3 aromatic carbocycles. The van der Waals surface area contributed by atoms with Gasteiger partial charge in [0.15, 0.2) is 5.15 Å². The molecule has 150 valence electrons. The van der Waals surface area contributed by atoms with Gasteiger partial charge in [-0.15, -0.1) is 0 Å². The van der Waals surface area contributed by atoms with Gasteiger partial charge in [-0.25, -0.2) is 9.97 Å². The van der Waals surface area contributed by atoms with Crippen LogP contribution in [0.25, 0.3) is 22.2 Å². The normalized spacial score (nSPS) is 10.8. The van der Waals surface area contributed by atoms with Crippen LogP contribution in [-0.4, -0.2) is 23.0 Å². The summed E-state index contributed by atoms with van der Waals surface area (Å²) < 4.78 is 5.10. The molecule has 0 aliphatic carbocycles. The first-order valence-corrected chi connectivity index (χ1v) is 9.96. The van der Waals surface area contributed by atoms with E-state index in [0.717, 1.165) is 11.1 Å². The molecule has 0 saturated heterocycles. The number of carbonyl (C=O) groups excluding carboxylic acids is 1. The molecule has 30 heavy (non-hydrogen) atoms. The minimum Gasteiger partial charge on any atom is -0.479 e. The zero-order valence-corrected chi connectivity index (χ0v) is 17.9. The lowest BCUT2D eigenvalue weighted by atomic mass is 10.0. The van der Waals surface area contributed by atoms with Gasteiger partial charge >= 0.3 is 0 Å². The van der Waals surface area contributed by atoms with Gasteiger partial charge in [-0.3, -0.25) is 4.79 Å². The second-order valence-electron chi connectivity index (χ2n) is 6.39. The molecule has 5 nitrogen and oxygen atoms in total. The van der Waals surface area contributed by atoms with Crippen molar-refractivity contribution in [3.05, 3.63) is 81.4 Å². The Hall–Kier alpha value is -2.86. The second-order valence-corrected chi connectivity index (χ2v) is 7.56. The summed E-state index contributed by atoms with van der Waals surface area (Å²) >= 11 is 18.0. The predicted octanol–water partition coefficient (Wildman–Crippen LogP) is 6.52. The molecular formula is C22H14Cl3N3O2. The molecule has 0 atom stereocenters. The molecule has 4 aromatic rings. The number of methoxy groups -OCH3 is 1. The maximum Gasteiger partial charge on any atom is 0.255 e. The summed E-state index contributed by atoms with van der Waals surface area (Å²) in [6, 6.07) is 17.8. The molecule has 0 aliphatic heterocycles. The second kappa shape index (κ2) is 8.48. The Kier molecular flexibility index (Phi) is 5.77. The van der Waals surface area contributed by atoms with Gasteiger partial charge in [0, 0.05) is 11.3 Å². The Balaban J connectivity index is 1.54. The molecule has 0 saturated carbocycles. The number of hydrogen-bond acceptors (Lipinski definition) is 4. The number of halogens is 3. The fourth-order valence-corrected chi connectivity index (χ4v) is 3.43. The average Bonchev–Trinajstić information content (AvgIpc) is 2.75. The molecule has 0 bridgehead atoms. The van der Waals surface area contributed by atoms with Crippen LogP contribution in [0, 0.1) is 0 Å². The first-order valence-electron chi connectivity index (χ1n) is 8.83. The maximum atomic E-state index is 12.6. The lowest BCUT2D eigenvalue weighted by Crippen LogP contribution is -2.11. The number of fused-ring (bicyclic) bond motifs is 1. The van der Waals surface area contributed by atoms with Gasteiger partial charge in [-0.05, 0) is 53.6 Å². The van der Waals surface area contributed by atoms with E-state index in [0.29, 0.717) is 32.3 Å². The summed E-state index contributed by atoms with van der Waals surface area (Å²) in [5.74, 6) is -0.0190. The van der Waals surface area contributed by atoms with Crippen LogP contribution >= 0.6 is 34.8 Å². The van der Waals surface area contributed by atoms with Gasteiger partial charge in [0.05, 0.1) is 28.2 Å². The van der Waals surface area contributed by atoms with Crippen molar-refractivity contribution in [3.63, 3.8) is 0 Å². The van der Waals surface area contributed by atoms with Gasteiger partial charge in [0.25, 0.3) is 11.8 Å². The number of hydrogen-bond donors (Lipinski definition) is 1. The monoisotopic (exact) mass is 457 g/mol. The number of rotatable bonds is 4. The number of amides is 1. The van der Waals surface area contributed by atoms with Crippen molar-refractivity contribution in [1.82, 2.24) is 9.97 Å². The van der Waals surface area contributed by atoms with Crippen molar-refractivity contribution in [2.45, 2.75) is 0 Å². The Labute approximate surface area is 187 Å². The predicted molar refractivity (Wildman–Crippen MR) is 121 cm³/mol. The number of nitrogens with zero attached hydrogens (tertiary/aromatic N) is 2. The number of carbonyl (C=O) groups is 1. The summed E-state index contributed by atoms with van der Waals surface area (Å²) in [6.07, 6.45) is 0. The zero-order chi connectivity index (χ0) is 21.3. The van der Waals surface area contributed by atoms with Crippen LogP contribution in [0.3, 0.4) is 0 Å². The van der Waals surface area contributed by atoms with E-state index in [-0.39, 0.29) is 16.9 Å². The van der Waals surface area contributed by atoms with Crippen molar-refractivity contribution in [1.29, 1.82) is 0 Å². The van der Waals surface area contributed by atoms with Crippen molar-refractivity contribution >= 4 is 57.4 Å². The molecule has 1 N–H and O–H groups in total. The molecule has 0 unspecified atom stereocenters. The smallest absolute Gasteiger partial charge is 0.255 e. The summed E-state index contributed by atoms with van der Waals surface area (Å²) in [4.78, 5) is 21.2. The van der Waals surface area contributed by atoms with Crippen molar-refractivity contribution in [3.8, 4) is 17.0 Å². The minimum atomic E-state index is -0.246. The molecule has 4 rings (SSSR count). The van der Waals surface area contributed by atoms with Crippen LogP contribution in [0.1, 0.15) is 10.4 Å². The molecule has 0 aliphatic rings. The third kappa shape index (κ3) is 4.19. The lowest BCUT2D eigenvalue weighted by Gasteiger charge is -2.09. The minimum absolute atomic E-state index is 0.184. The van der Waals surface area contributed by atoms with Crippen LogP contribution in [0.4, 0.5) is 5.69 Å². The van der Waals surface area contributed by atoms with Gasteiger partial charge in [0.2, 0.25) is 0 Å². The highest BCUT2D eigenvalue weighted by Crippen LogP contribution is 2.29. The van der Waals surface area contributed by atoms with Gasteiger partial charge in [-0.1, -0.05) is 53.0 Å². The molecular weight excluding hydrogens is 445 g/mol. The fraction of sp³-hybridized carbons (Fsp3) is 0.0455. The van der Waals surface area contributed by atoms with Gasteiger partial charge in [0.1, 0.15) is 0 Å². The van der Waals surface area contributed by atoms with Crippen LogP contribution in [-0.2, 0) is 0 Å². The molecule has 8 heteroatoms. The van der Waals surface area contributed by atoms with E-state index in [4.69, 9.17) is 39.5 Å². The fourth-order valence-electron chi connectivity index (χ4n) is 2.92. The first kappa shape index (κ1) is 20.4. The average molecular weight is 459 g/mol. The van der Waals surface area contributed by atoms with E-state index in [1.165, 1.54) is 7.11 Å². The number of ether oxygens (including phenoxy) is 1. The molecule has 0 radical (unpaired) electrons. The molecule has 1 amide bonds. The van der Waals surface area contributed by atoms with Crippen LogP contribution in [0.15, 0.2) is 60.7 Å². The highest BCUT2D eigenvalue weighted by Gasteiger charge is 2.11. The summed E-state index contributed by atoms with van der Waals surface area (Å²) in [7, 11) is 1.47.